The van der Waals surface area contributed by atoms with Crippen LogP contribution in [0.4, 0.5) is 0 Å². The molecule has 0 aliphatic rings. The first-order valence-corrected chi connectivity index (χ1v) is 2.61. The van der Waals surface area contributed by atoms with E-state index in [1.165, 1.54) is 6.08 Å². The largest absolute Gasteiger partial charge is 0.388 e. The third-order valence-electron chi connectivity index (χ3n) is 0.737. The van der Waals surface area contributed by atoms with Crippen molar-refractivity contribution in [2.24, 2.45) is 0 Å². The Morgan fingerprint density at radius 2 is 2.50 bits per heavy atom. The fourth-order valence-corrected chi connectivity index (χ4v) is 0.427. The van der Waals surface area contributed by atoms with E-state index < -0.39 is 0 Å². The van der Waals surface area contributed by atoms with Gasteiger partial charge in [-0.3, -0.25) is 0 Å². The van der Waals surface area contributed by atoms with E-state index in [-0.39, 0.29) is 0 Å². The van der Waals surface area contributed by atoms with Crippen LogP contribution in [-0.2, 0) is 0 Å². The Hall–Kier alpha value is -0.970. The average molecular weight is 110 g/mol. The van der Waals surface area contributed by atoms with Gasteiger partial charge in [0.05, 0.1) is 6.07 Å². The van der Waals surface area contributed by atoms with Crippen LogP contribution in [0, 0.1) is 11.3 Å². The maximum absolute atomic E-state index is 8.10. The number of nitriles is 1. The predicted octanol–water partition coefficient (Wildman–Crippen LogP) is 1.02. The number of nitrogens with zero attached hydrogens (tertiary/aromatic N) is 1. The van der Waals surface area contributed by atoms with Gasteiger partial charge < -0.3 is 5.32 Å². The van der Waals surface area contributed by atoms with Crippen LogP contribution < -0.4 is 5.32 Å². The Balaban J connectivity index is 3.49. The van der Waals surface area contributed by atoms with E-state index in [0.717, 1.165) is 12.2 Å². The van der Waals surface area contributed by atoms with Gasteiger partial charge in [0.2, 0.25) is 0 Å². The van der Waals surface area contributed by atoms with Gasteiger partial charge in [0.15, 0.2) is 0 Å². The number of allylic oxidation sites excluding steroid dienone is 2. The lowest BCUT2D eigenvalue weighted by molar-refractivity contribution is 0.855. The van der Waals surface area contributed by atoms with Crippen LogP contribution in [0.2, 0.25) is 0 Å². The average Bonchev–Trinajstić information content (AvgIpc) is 1.68. The van der Waals surface area contributed by atoms with E-state index in [1.807, 2.05) is 19.9 Å². The van der Waals surface area contributed by atoms with E-state index in [4.69, 9.17) is 5.26 Å². The molecule has 44 valence electrons. The zero-order chi connectivity index (χ0) is 6.41. The Morgan fingerprint density at radius 1 is 1.88 bits per heavy atom. The SMILES string of the molecule is CCN/C(C)=C\C#N. The van der Waals surface area contributed by atoms with Gasteiger partial charge in [0, 0.05) is 18.3 Å². The first-order valence-electron chi connectivity index (χ1n) is 2.61. The smallest absolute Gasteiger partial charge is 0.0930 e. The molecule has 0 aliphatic carbocycles. The molecule has 0 radical (unpaired) electrons. The minimum Gasteiger partial charge on any atom is -0.388 e. The van der Waals surface area contributed by atoms with Gasteiger partial charge >= 0.3 is 0 Å². The number of rotatable bonds is 2. The van der Waals surface area contributed by atoms with Crippen LogP contribution in [0.25, 0.3) is 0 Å². The van der Waals surface area contributed by atoms with E-state index in [2.05, 4.69) is 5.32 Å². The highest BCUT2D eigenvalue weighted by Crippen LogP contribution is 1.81. The Kier molecular flexibility index (Phi) is 3.69. The van der Waals surface area contributed by atoms with Crippen molar-refractivity contribution in [3.05, 3.63) is 11.8 Å². The second-order valence-corrected chi connectivity index (χ2v) is 1.49. The summed E-state index contributed by atoms with van der Waals surface area (Å²) in [6, 6.07) is 1.93. The predicted molar refractivity (Wildman–Crippen MR) is 33.0 cm³/mol. The van der Waals surface area contributed by atoms with Gasteiger partial charge in [-0.05, 0) is 13.8 Å². The van der Waals surface area contributed by atoms with Gasteiger partial charge in [-0.15, -0.1) is 0 Å². The molecule has 0 fully saturated rings. The second-order valence-electron chi connectivity index (χ2n) is 1.49. The van der Waals surface area contributed by atoms with E-state index >= 15 is 0 Å². The molecule has 0 unspecified atom stereocenters. The van der Waals surface area contributed by atoms with Crippen LogP contribution in [0.15, 0.2) is 11.8 Å². The van der Waals surface area contributed by atoms with Crippen molar-refractivity contribution in [1.82, 2.24) is 5.32 Å². The van der Waals surface area contributed by atoms with Gasteiger partial charge in [-0.1, -0.05) is 0 Å². The van der Waals surface area contributed by atoms with Crippen LogP contribution in [0.1, 0.15) is 13.8 Å². The summed E-state index contributed by atoms with van der Waals surface area (Å²) < 4.78 is 0. The summed E-state index contributed by atoms with van der Waals surface area (Å²) in [5.74, 6) is 0. The molecular formula is C6H10N2. The Morgan fingerprint density at radius 3 is 2.88 bits per heavy atom. The molecule has 0 spiro atoms. The fourth-order valence-electron chi connectivity index (χ4n) is 0.427. The van der Waals surface area contributed by atoms with E-state index in [0.29, 0.717) is 0 Å². The maximum atomic E-state index is 8.10. The Labute approximate surface area is 49.8 Å². The highest BCUT2D eigenvalue weighted by molar-refractivity contribution is 5.08. The summed E-state index contributed by atoms with van der Waals surface area (Å²) in [5.41, 5.74) is 0.926. The highest BCUT2D eigenvalue weighted by Gasteiger charge is 1.78. The van der Waals surface area contributed by atoms with Crippen molar-refractivity contribution in [1.29, 1.82) is 5.26 Å². The third-order valence-corrected chi connectivity index (χ3v) is 0.737. The molecule has 0 amide bonds. The topological polar surface area (TPSA) is 35.8 Å². The lowest BCUT2D eigenvalue weighted by atomic mass is 10.4. The lowest BCUT2D eigenvalue weighted by Gasteiger charge is -1.96. The summed E-state index contributed by atoms with van der Waals surface area (Å²) in [4.78, 5) is 0. The van der Waals surface area contributed by atoms with Gasteiger partial charge in [-0.2, -0.15) is 5.26 Å². The number of hydrogen-bond donors (Lipinski definition) is 1. The van der Waals surface area contributed by atoms with Crippen molar-refractivity contribution in [3.63, 3.8) is 0 Å². The van der Waals surface area contributed by atoms with Crippen molar-refractivity contribution in [2.45, 2.75) is 13.8 Å². The molecule has 1 N–H and O–H groups in total. The molecule has 0 atom stereocenters. The van der Waals surface area contributed by atoms with Gasteiger partial charge in [0.1, 0.15) is 0 Å². The molecule has 8 heavy (non-hydrogen) atoms. The minimum atomic E-state index is 0.879. The molecule has 0 saturated heterocycles. The molecule has 0 saturated carbocycles. The highest BCUT2D eigenvalue weighted by atomic mass is 14.8. The molecule has 0 aromatic heterocycles. The summed E-state index contributed by atoms with van der Waals surface area (Å²) in [7, 11) is 0. The van der Waals surface area contributed by atoms with Crippen LogP contribution in [-0.4, -0.2) is 6.54 Å². The molecule has 2 nitrogen and oxygen atoms in total. The summed E-state index contributed by atoms with van der Waals surface area (Å²) >= 11 is 0. The number of nitrogens with one attached hydrogen (secondary N) is 1. The third kappa shape index (κ3) is 3.23. The zero-order valence-electron chi connectivity index (χ0n) is 5.23. The molecular weight excluding hydrogens is 100 g/mol. The molecule has 0 aliphatic heterocycles. The molecule has 0 aromatic rings. The summed E-state index contributed by atoms with van der Waals surface area (Å²) in [6.45, 7) is 4.74. The molecule has 2 heteroatoms. The second kappa shape index (κ2) is 4.20. The summed E-state index contributed by atoms with van der Waals surface area (Å²) in [6.07, 6.45) is 1.49. The quantitative estimate of drug-likeness (QED) is 0.539. The van der Waals surface area contributed by atoms with Gasteiger partial charge in [-0.25, -0.2) is 0 Å². The molecule has 0 aromatic carbocycles. The van der Waals surface area contributed by atoms with Crippen LogP contribution in [0.3, 0.4) is 0 Å². The van der Waals surface area contributed by atoms with Crippen LogP contribution >= 0.6 is 0 Å². The standard InChI is InChI=1S/C6H10N2/c1-3-8-6(2)4-5-7/h4,8H,3H2,1-2H3/b6-4-. The fraction of sp³-hybridized carbons (Fsp3) is 0.500. The van der Waals surface area contributed by atoms with E-state index in [1.54, 1.807) is 0 Å². The Bertz CT molecular complexity index is 119. The summed E-state index contributed by atoms with van der Waals surface area (Å²) in [5, 5.41) is 11.1. The number of hydrogen-bond acceptors (Lipinski definition) is 2. The first kappa shape index (κ1) is 7.03. The van der Waals surface area contributed by atoms with Crippen LogP contribution in [0.5, 0.6) is 0 Å². The van der Waals surface area contributed by atoms with Gasteiger partial charge in [0.25, 0.3) is 0 Å². The molecule has 0 rings (SSSR count). The van der Waals surface area contributed by atoms with Crippen molar-refractivity contribution in [3.8, 4) is 6.07 Å². The maximum Gasteiger partial charge on any atom is 0.0930 e. The monoisotopic (exact) mass is 110 g/mol. The van der Waals surface area contributed by atoms with E-state index in [9.17, 15) is 0 Å². The minimum absolute atomic E-state index is 0.879. The van der Waals surface area contributed by atoms with Crippen molar-refractivity contribution >= 4 is 0 Å². The van der Waals surface area contributed by atoms with Crippen molar-refractivity contribution in [2.75, 3.05) is 6.54 Å². The van der Waals surface area contributed by atoms with Crippen molar-refractivity contribution < 1.29 is 0 Å². The lowest BCUT2D eigenvalue weighted by Crippen LogP contribution is -2.08. The normalized spacial score (nSPS) is 10.4. The zero-order valence-corrected chi connectivity index (χ0v) is 5.23. The first-order chi connectivity index (χ1) is 3.81. The molecule has 0 bridgehead atoms. The molecule has 0 heterocycles.